The zero-order valence-electron chi connectivity index (χ0n) is 12.3. The van der Waals surface area contributed by atoms with Crippen LogP contribution in [0.2, 0.25) is 0 Å². The highest BCUT2D eigenvalue weighted by Crippen LogP contribution is 2.22. The number of thiophene rings is 1. The Morgan fingerprint density at radius 3 is 2.81 bits per heavy atom. The van der Waals surface area contributed by atoms with Crippen LogP contribution in [0.4, 0.5) is 0 Å². The Bertz CT molecular complexity index is 711. The molecule has 0 N–H and O–H groups in total. The Kier molecular flexibility index (Phi) is 3.80. The molecule has 0 saturated carbocycles. The number of amides is 1. The minimum absolute atomic E-state index is 0.00757. The van der Waals surface area contributed by atoms with E-state index in [9.17, 15) is 9.59 Å². The van der Waals surface area contributed by atoms with Gasteiger partial charge in [0.25, 0.3) is 5.56 Å². The van der Waals surface area contributed by atoms with Crippen LogP contribution in [0.25, 0.3) is 10.2 Å². The highest BCUT2D eigenvalue weighted by atomic mass is 32.1. The molecule has 6 heteroatoms. The summed E-state index contributed by atoms with van der Waals surface area (Å²) in [7, 11) is 0. The van der Waals surface area contributed by atoms with Gasteiger partial charge in [-0.2, -0.15) is 0 Å². The van der Waals surface area contributed by atoms with Gasteiger partial charge in [-0.1, -0.05) is 0 Å². The minimum atomic E-state index is -0.132. The van der Waals surface area contributed by atoms with E-state index in [1.54, 1.807) is 6.07 Å². The van der Waals surface area contributed by atoms with Gasteiger partial charge in [-0.3, -0.25) is 14.2 Å². The third kappa shape index (κ3) is 2.60. The van der Waals surface area contributed by atoms with E-state index in [0.717, 1.165) is 24.1 Å². The van der Waals surface area contributed by atoms with Crippen molar-refractivity contribution in [3.8, 4) is 0 Å². The molecule has 5 nitrogen and oxygen atoms in total. The van der Waals surface area contributed by atoms with Gasteiger partial charge >= 0.3 is 0 Å². The SMILES string of the molecule is C[C@H]1CCC[C@H](C)N1C(=O)Cn1cnc2sccc2c1=O. The molecule has 1 saturated heterocycles. The maximum Gasteiger partial charge on any atom is 0.262 e. The van der Waals surface area contributed by atoms with Crippen molar-refractivity contribution in [2.24, 2.45) is 0 Å². The lowest BCUT2D eigenvalue weighted by atomic mass is 9.97. The van der Waals surface area contributed by atoms with Gasteiger partial charge in [-0.15, -0.1) is 11.3 Å². The number of hydrogen-bond donors (Lipinski definition) is 0. The lowest BCUT2D eigenvalue weighted by molar-refractivity contribution is -0.138. The van der Waals surface area contributed by atoms with Crippen molar-refractivity contribution in [3.63, 3.8) is 0 Å². The molecule has 0 aliphatic carbocycles. The highest BCUT2D eigenvalue weighted by Gasteiger charge is 2.29. The number of likely N-dealkylation sites (tertiary alicyclic amines) is 1. The molecule has 1 aliphatic rings. The molecule has 0 radical (unpaired) electrons. The number of nitrogens with zero attached hydrogens (tertiary/aromatic N) is 3. The normalized spacial score (nSPS) is 22.7. The first-order valence-electron chi connectivity index (χ1n) is 7.31. The molecular weight excluding hydrogens is 286 g/mol. The monoisotopic (exact) mass is 305 g/mol. The molecular formula is C15H19N3O2S. The predicted octanol–water partition coefficient (Wildman–Crippen LogP) is 2.25. The number of carbonyl (C=O) groups excluding carboxylic acids is 1. The van der Waals surface area contributed by atoms with E-state index in [-0.39, 0.29) is 30.1 Å². The van der Waals surface area contributed by atoms with Crippen LogP contribution in [0.1, 0.15) is 33.1 Å². The van der Waals surface area contributed by atoms with Gasteiger partial charge in [0, 0.05) is 12.1 Å². The molecule has 1 aliphatic heterocycles. The molecule has 0 aromatic carbocycles. The largest absolute Gasteiger partial charge is 0.336 e. The van der Waals surface area contributed by atoms with Crippen molar-refractivity contribution in [3.05, 3.63) is 28.1 Å². The lowest BCUT2D eigenvalue weighted by Gasteiger charge is -2.39. The Balaban J connectivity index is 1.85. The van der Waals surface area contributed by atoms with Crippen molar-refractivity contribution in [1.29, 1.82) is 0 Å². The number of fused-ring (bicyclic) bond motifs is 1. The fourth-order valence-corrected chi connectivity index (χ4v) is 3.87. The van der Waals surface area contributed by atoms with E-state index in [0.29, 0.717) is 5.39 Å². The molecule has 3 rings (SSSR count). The topological polar surface area (TPSA) is 55.2 Å². The molecule has 2 atom stereocenters. The van der Waals surface area contributed by atoms with Gasteiger partial charge < -0.3 is 4.90 Å². The van der Waals surface area contributed by atoms with Crippen molar-refractivity contribution in [2.45, 2.75) is 51.7 Å². The van der Waals surface area contributed by atoms with E-state index < -0.39 is 0 Å². The van der Waals surface area contributed by atoms with Crippen LogP contribution >= 0.6 is 11.3 Å². The van der Waals surface area contributed by atoms with Crippen LogP contribution in [0.5, 0.6) is 0 Å². The Labute approximate surface area is 127 Å². The van der Waals surface area contributed by atoms with Crippen molar-refractivity contribution in [1.82, 2.24) is 14.5 Å². The second-order valence-corrected chi connectivity index (χ2v) is 6.64. The molecule has 21 heavy (non-hydrogen) atoms. The van der Waals surface area contributed by atoms with Crippen LogP contribution in [0.3, 0.4) is 0 Å². The van der Waals surface area contributed by atoms with Gasteiger partial charge in [0.05, 0.1) is 11.7 Å². The lowest BCUT2D eigenvalue weighted by Crippen LogP contribution is -2.49. The van der Waals surface area contributed by atoms with Crippen LogP contribution in [0.15, 0.2) is 22.6 Å². The van der Waals surface area contributed by atoms with Crippen LogP contribution < -0.4 is 5.56 Å². The number of aromatic nitrogens is 2. The molecule has 0 unspecified atom stereocenters. The summed E-state index contributed by atoms with van der Waals surface area (Å²) in [6.45, 7) is 4.24. The summed E-state index contributed by atoms with van der Waals surface area (Å²) in [5, 5.41) is 2.44. The Morgan fingerprint density at radius 2 is 2.10 bits per heavy atom. The Morgan fingerprint density at radius 1 is 1.38 bits per heavy atom. The minimum Gasteiger partial charge on any atom is -0.336 e. The second-order valence-electron chi connectivity index (χ2n) is 5.75. The van der Waals surface area contributed by atoms with Gasteiger partial charge in [0.1, 0.15) is 11.4 Å². The van der Waals surface area contributed by atoms with E-state index >= 15 is 0 Å². The van der Waals surface area contributed by atoms with E-state index in [1.165, 1.54) is 22.2 Å². The van der Waals surface area contributed by atoms with Gasteiger partial charge in [-0.05, 0) is 44.6 Å². The third-order valence-corrected chi connectivity index (χ3v) is 5.06. The second kappa shape index (κ2) is 5.60. The fraction of sp³-hybridized carbons (Fsp3) is 0.533. The summed E-state index contributed by atoms with van der Waals surface area (Å²) in [6, 6.07) is 2.26. The molecule has 1 amide bonds. The summed E-state index contributed by atoms with van der Waals surface area (Å²) in [4.78, 5) is 31.8. The van der Waals surface area contributed by atoms with Crippen LogP contribution in [0, 0.1) is 0 Å². The highest BCUT2D eigenvalue weighted by molar-refractivity contribution is 7.16. The molecule has 112 valence electrons. The standard InChI is InChI=1S/C15H19N3O2S/c1-10-4-3-5-11(2)18(10)13(19)8-17-9-16-14-12(15(17)20)6-7-21-14/h6-7,9-11H,3-5,8H2,1-2H3/t10-,11-/m0/s1. The molecule has 2 aromatic heterocycles. The van der Waals surface area contributed by atoms with Crippen LogP contribution in [-0.4, -0.2) is 32.4 Å². The van der Waals surface area contributed by atoms with Gasteiger partial charge in [-0.25, -0.2) is 4.98 Å². The number of carbonyl (C=O) groups is 1. The number of piperidine rings is 1. The Hall–Kier alpha value is -1.69. The first-order valence-corrected chi connectivity index (χ1v) is 8.19. The summed E-state index contributed by atoms with van der Waals surface area (Å²) in [5.41, 5.74) is -0.132. The molecule has 0 spiro atoms. The maximum atomic E-state index is 12.6. The quantitative estimate of drug-likeness (QED) is 0.855. The number of hydrogen-bond acceptors (Lipinski definition) is 4. The van der Waals surface area contributed by atoms with E-state index in [2.05, 4.69) is 18.8 Å². The van der Waals surface area contributed by atoms with E-state index in [4.69, 9.17) is 0 Å². The van der Waals surface area contributed by atoms with E-state index in [1.807, 2.05) is 10.3 Å². The predicted molar refractivity (Wildman–Crippen MR) is 83.5 cm³/mol. The first kappa shape index (κ1) is 14.3. The summed E-state index contributed by atoms with van der Waals surface area (Å²) in [6.07, 6.45) is 4.71. The van der Waals surface area contributed by atoms with Crippen molar-refractivity contribution >= 4 is 27.5 Å². The zero-order chi connectivity index (χ0) is 15.0. The van der Waals surface area contributed by atoms with Crippen LogP contribution in [-0.2, 0) is 11.3 Å². The summed E-state index contributed by atoms with van der Waals surface area (Å²) < 4.78 is 1.42. The van der Waals surface area contributed by atoms with Crippen molar-refractivity contribution < 1.29 is 4.79 Å². The fourth-order valence-electron chi connectivity index (χ4n) is 3.15. The molecule has 3 heterocycles. The average molecular weight is 305 g/mol. The summed E-state index contributed by atoms with van der Waals surface area (Å²) >= 11 is 1.44. The maximum absolute atomic E-state index is 12.6. The smallest absolute Gasteiger partial charge is 0.262 e. The molecule has 1 fully saturated rings. The van der Waals surface area contributed by atoms with Crippen molar-refractivity contribution in [2.75, 3.05) is 0 Å². The summed E-state index contributed by atoms with van der Waals surface area (Å²) in [5.74, 6) is 0.00757. The van der Waals surface area contributed by atoms with Gasteiger partial charge in [0.2, 0.25) is 5.91 Å². The van der Waals surface area contributed by atoms with Gasteiger partial charge in [0.15, 0.2) is 0 Å². The zero-order valence-corrected chi connectivity index (χ0v) is 13.1. The first-order chi connectivity index (χ1) is 10.1. The average Bonchev–Trinajstić information content (AvgIpc) is 2.91. The third-order valence-electron chi connectivity index (χ3n) is 4.24. The molecule has 2 aromatic rings. The molecule has 0 bridgehead atoms. The number of rotatable bonds is 2.